The summed E-state index contributed by atoms with van der Waals surface area (Å²) in [6.45, 7) is 6.25. The molecule has 7 heteroatoms. The van der Waals surface area contributed by atoms with Gasteiger partial charge in [-0.2, -0.15) is 8.42 Å². The molecule has 3 unspecified atom stereocenters. The summed E-state index contributed by atoms with van der Waals surface area (Å²) in [6, 6.07) is 0. The Kier molecular flexibility index (Phi) is 5.28. The second-order valence-corrected chi connectivity index (χ2v) is 7.61. The maximum atomic E-state index is 11.4. The lowest BCUT2D eigenvalue weighted by Crippen LogP contribution is -2.39. The molecule has 1 aliphatic rings. The highest BCUT2D eigenvalue weighted by Crippen LogP contribution is 2.35. The van der Waals surface area contributed by atoms with Gasteiger partial charge in [0.15, 0.2) is 0 Å². The lowest BCUT2D eigenvalue weighted by molar-refractivity contribution is 0.00876. The van der Waals surface area contributed by atoms with Crippen molar-refractivity contribution in [1.29, 1.82) is 0 Å². The van der Waals surface area contributed by atoms with Gasteiger partial charge in [-0.15, -0.1) is 0 Å². The Balaban J connectivity index is 2.63. The number of hydrogen-bond acceptors (Lipinski definition) is 4. The van der Waals surface area contributed by atoms with Crippen molar-refractivity contribution in [2.45, 2.75) is 46.1 Å². The zero-order chi connectivity index (χ0) is 13.9. The molecule has 0 bridgehead atoms. The molecule has 0 aromatic carbocycles. The lowest BCUT2D eigenvalue weighted by atomic mass is 9.75. The minimum Gasteiger partial charge on any atom is -0.445 e. The summed E-state index contributed by atoms with van der Waals surface area (Å²) in [5.74, 6) is 1.14. The average molecular weight is 298 g/mol. The number of ether oxygens (including phenoxy) is 1. The predicted octanol–water partition coefficient (Wildman–Crippen LogP) is 2.66. The van der Waals surface area contributed by atoms with Crippen LogP contribution in [0.1, 0.15) is 40.0 Å². The van der Waals surface area contributed by atoms with Crippen LogP contribution in [0.2, 0.25) is 0 Å². The highest BCUT2D eigenvalue weighted by molar-refractivity contribution is 8.12. The van der Waals surface area contributed by atoms with Crippen molar-refractivity contribution in [3.8, 4) is 0 Å². The van der Waals surface area contributed by atoms with Gasteiger partial charge in [0.05, 0.1) is 0 Å². The molecule has 1 rings (SSSR count). The number of amides is 1. The van der Waals surface area contributed by atoms with E-state index in [1.54, 1.807) is 4.72 Å². The quantitative estimate of drug-likeness (QED) is 0.813. The monoisotopic (exact) mass is 297 g/mol. The highest BCUT2D eigenvalue weighted by Gasteiger charge is 2.33. The molecule has 18 heavy (non-hydrogen) atoms. The molecule has 0 heterocycles. The zero-order valence-corrected chi connectivity index (χ0v) is 12.4. The average Bonchev–Trinajstić information content (AvgIpc) is 2.13. The maximum Gasteiger partial charge on any atom is 0.422 e. The van der Waals surface area contributed by atoms with E-state index in [9.17, 15) is 13.2 Å². The first kappa shape index (κ1) is 15.6. The van der Waals surface area contributed by atoms with Gasteiger partial charge < -0.3 is 4.74 Å². The molecule has 0 spiro atoms. The number of rotatable bonds is 3. The van der Waals surface area contributed by atoms with Crippen LogP contribution in [0.25, 0.3) is 0 Å². The minimum atomic E-state index is -4.08. The van der Waals surface area contributed by atoms with Crippen molar-refractivity contribution in [2.24, 2.45) is 17.8 Å². The van der Waals surface area contributed by atoms with Crippen LogP contribution in [0.5, 0.6) is 0 Å². The van der Waals surface area contributed by atoms with Gasteiger partial charge in [0.25, 0.3) is 0 Å². The van der Waals surface area contributed by atoms with E-state index in [0.29, 0.717) is 11.8 Å². The van der Waals surface area contributed by atoms with Crippen LogP contribution in [-0.2, 0) is 14.0 Å². The van der Waals surface area contributed by atoms with Crippen LogP contribution in [0.3, 0.4) is 0 Å². The van der Waals surface area contributed by atoms with Crippen molar-refractivity contribution in [2.75, 3.05) is 0 Å². The molecular formula is C11H20ClNO4S. The van der Waals surface area contributed by atoms with E-state index in [4.69, 9.17) is 15.4 Å². The lowest BCUT2D eigenvalue weighted by Gasteiger charge is -2.36. The van der Waals surface area contributed by atoms with Crippen molar-refractivity contribution in [1.82, 2.24) is 4.72 Å². The predicted molar refractivity (Wildman–Crippen MR) is 69.5 cm³/mol. The standard InChI is InChI=1S/C11H20ClNO4S/c1-7(2)9-5-4-8(3)6-10(9)17-11(14)13-18(12,15)16/h7-10H,4-6H2,1-3H3,(H,13,14). The largest absolute Gasteiger partial charge is 0.445 e. The molecule has 0 radical (unpaired) electrons. The number of halogens is 1. The van der Waals surface area contributed by atoms with Crippen molar-refractivity contribution in [3.05, 3.63) is 0 Å². The van der Waals surface area contributed by atoms with Crippen molar-refractivity contribution >= 4 is 26.0 Å². The molecule has 1 amide bonds. The molecule has 106 valence electrons. The van der Waals surface area contributed by atoms with Gasteiger partial charge in [-0.25, -0.2) is 9.52 Å². The van der Waals surface area contributed by atoms with E-state index in [1.165, 1.54) is 0 Å². The van der Waals surface area contributed by atoms with Gasteiger partial charge in [0, 0.05) is 10.7 Å². The molecule has 1 N–H and O–H groups in total. The van der Waals surface area contributed by atoms with E-state index < -0.39 is 15.3 Å². The zero-order valence-electron chi connectivity index (χ0n) is 10.8. The summed E-state index contributed by atoms with van der Waals surface area (Å²) in [4.78, 5) is 11.4. The number of carbonyl (C=O) groups excluding carboxylic acids is 1. The molecule has 0 aliphatic heterocycles. The van der Waals surface area contributed by atoms with E-state index in [-0.39, 0.29) is 12.0 Å². The van der Waals surface area contributed by atoms with E-state index in [1.807, 2.05) is 0 Å². The third-order valence-electron chi connectivity index (χ3n) is 3.42. The van der Waals surface area contributed by atoms with Crippen LogP contribution in [0.15, 0.2) is 0 Å². The van der Waals surface area contributed by atoms with Gasteiger partial charge in [-0.05, 0) is 30.6 Å². The molecule has 1 saturated carbocycles. The third kappa shape index (κ3) is 5.02. The van der Waals surface area contributed by atoms with Crippen molar-refractivity contribution in [3.63, 3.8) is 0 Å². The van der Waals surface area contributed by atoms with Crippen LogP contribution in [-0.4, -0.2) is 20.6 Å². The van der Waals surface area contributed by atoms with E-state index in [0.717, 1.165) is 19.3 Å². The highest BCUT2D eigenvalue weighted by atomic mass is 35.7. The molecule has 0 aromatic rings. The molecule has 1 fully saturated rings. The topological polar surface area (TPSA) is 72.5 Å². The SMILES string of the molecule is CC1CCC(C(C)C)C(OC(=O)NS(=O)(=O)Cl)C1. The van der Waals surface area contributed by atoms with Crippen LogP contribution < -0.4 is 4.72 Å². The smallest absolute Gasteiger partial charge is 0.422 e. The van der Waals surface area contributed by atoms with Crippen LogP contribution in [0, 0.1) is 17.8 Å². The summed E-state index contributed by atoms with van der Waals surface area (Å²) in [7, 11) is 0.856. The summed E-state index contributed by atoms with van der Waals surface area (Å²) >= 11 is 0. The van der Waals surface area contributed by atoms with Gasteiger partial charge in [0.2, 0.25) is 0 Å². The first-order chi connectivity index (χ1) is 8.19. The first-order valence-corrected chi connectivity index (χ1v) is 8.43. The molecule has 0 aromatic heterocycles. The summed E-state index contributed by atoms with van der Waals surface area (Å²) < 4.78 is 28.2. The number of carbonyl (C=O) groups is 1. The minimum absolute atomic E-state index is 0.243. The van der Waals surface area contributed by atoms with Gasteiger partial charge in [-0.1, -0.05) is 27.2 Å². The molecule has 5 nitrogen and oxygen atoms in total. The number of nitrogens with one attached hydrogen (secondary N) is 1. The number of hydrogen-bond donors (Lipinski definition) is 1. The Bertz CT molecular complexity index is 396. The van der Waals surface area contributed by atoms with Gasteiger partial charge in [0.1, 0.15) is 6.10 Å². The Morgan fingerprint density at radius 3 is 2.50 bits per heavy atom. The molecule has 1 aliphatic carbocycles. The van der Waals surface area contributed by atoms with Crippen LogP contribution >= 0.6 is 10.7 Å². The van der Waals surface area contributed by atoms with Crippen LogP contribution in [0.4, 0.5) is 4.79 Å². The Morgan fingerprint density at radius 1 is 1.39 bits per heavy atom. The van der Waals surface area contributed by atoms with E-state index in [2.05, 4.69) is 20.8 Å². The molecule has 0 saturated heterocycles. The second-order valence-electron chi connectivity index (χ2n) is 5.31. The normalized spacial score (nSPS) is 29.1. The summed E-state index contributed by atoms with van der Waals surface area (Å²) in [6.07, 6.45) is 1.63. The summed E-state index contributed by atoms with van der Waals surface area (Å²) in [5.41, 5.74) is 0. The fraction of sp³-hybridized carbons (Fsp3) is 0.909. The molecule has 3 atom stereocenters. The second kappa shape index (κ2) is 6.10. The first-order valence-electron chi connectivity index (χ1n) is 6.12. The summed E-state index contributed by atoms with van der Waals surface area (Å²) in [5, 5.41) is 0. The maximum absolute atomic E-state index is 11.4. The third-order valence-corrected chi connectivity index (χ3v) is 4.07. The van der Waals surface area contributed by atoms with Crippen molar-refractivity contribution < 1.29 is 17.9 Å². The molecular weight excluding hydrogens is 278 g/mol. The fourth-order valence-corrected chi connectivity index (χ4v) is 2.95. The fourth-order valence-electron chi connectivity index (χ4n) is 2.51. The van der Waals surface area contributed by atoms with E-state index >= 15 is 0 Å². The van der Waals surface area contributed by atoms with Gasteiger partial charge in [-0.3, -0.25) is 0 Å². The Labute approximate surface area is 113 Å². The Hall–Kier alpha value is -0.490. The Morgan fingerprint density at radius 2 is 2.00 bits per heavy atom. The van der Waals surface area contributed by atoms with Gasteiger partial charge >= 0.3 is 15.3 Å².